The lowest BCUT2D eigenvalue weighted by atomic mass is 10.2. The number of allylic oxidation sites excluding steroid dienone is 1. The number of benzene rings is 2. The quantitative estimate of drug-likeness (QED) is 0.775. The van der Waals surface area contributed by atoms with Crippen molar-refractivity contribution in [3.8, 4) is 0 Å². The maximum atomic E-state index is 13.6. The molecule has 2 aromatic rings. The molecule has 0 spiro atoms. The van der Waals surface area contributed by atoms with Crippen molar-refractivity contribution in [1.29, 1.82) is 0 Å². The van der Waals surface area contributed by atoms with Crippen LogP contribution in [0.4, 0.5) is 10.1 Å². The molecule has 2 N–H and O–H groups in total. The monoisotopic (exact) mass is 403 g/mol. The zero-order chi connectivity index (χ0) is 18.8. The van der Waals surface area contributed by atoms with E-state index in [4.69, 9.17) is 16.7 Å². The molecule has 0 aliphatic rings. The Labute approximate surface area is 152 Å². The Kier molecular flexibility index (Phi) is 5.96. The van der Waals surface area contributed by atoms with Crippen LogP contribution in [-0.4, -0.2) is 17.2 Å². The van der Waals surface area contributed by atoms with Crippen molar-refractivity contribution in [2.24, 2.45) is 5.14 Å². The minimum Gasteiger partial charge on any atom is -0.755 e. The van der Waals surface area contributed by atoms with Crippen LogP contribution in [0.25, 0.3) is 6.08 Å². The molecular formula is C15H13ClFN2O4S2-. The zero-order valence-corrected chi connectivity index (χ0v) is 15.2. The Balaban J connectivity index is 2.61. The minimum atomic E-state index is -4.27. The topological polar surface area (TPSA) is 104 Å². The summed E-state index contributed by atoms with van der Waals surface area (Å²) < 4.78 is 61.0. The first kappa shape index (κ1) is 19.5. The summed E-state index contributed by atoms with van der Waals surface area (Å²) >= 11 is 2.88. The number of hydrogen-bond donors (Lipinski definition) is 1. The van der Waals surface area contributed by atoms with E-state index < -0.39 is 37.7 Å². The van der Waals surface area contributed by atoms with Gasteiger partial charge in [-0.3, -0.25) is 8.51 Å². The second kappa shape index (κ2) is 7.63. The van der Waals surface area contributed by atoms with Gasteiger partial charge in [0.15, 0.2) is 0 Å². The highest BCUT2D eigenvalue weighted by Gasteiger charge is 2.21. The first-order valence-corrected chi connectivity index (χ1v) is 9.71. The zero-order valence-electron chi connectivity index (χ0n) is 12.8. The van der Waals surface area contributed by atoms with Gasteiger partial charge in [0.2, 0.25) is 10.0 Å². The summed E-state index contributed by atoms with van der Waals surface area (Å²) in [5.41, 5.74) is 0.343. The van der Waals surface area contributed by atoms with Crippen molar-refractivity contribution in [1.82, 2.24) is 0 Å². The van der Waals surface area contributed by atoms with Crippen LogP contribution in [0.2, 0.25) is 5.02 Å². The molecule has 0 saturated heterocycles. The number of nitrogens with zero attached hydrogens (tertiary/aromatic N) is 1. The van der Waals surface area contributed by atoms with E-state index in [2.05, 4.69) is 0 Å². The second-order valence-electron chi connectivity index (χ2n) is 5.01. The summed E-state index contributed by atoms with van der Waals surface area (Å²) in [7, 11) is -4.27. The molecule has 10 heteroatoms. The molecule has 2 aromatic carbocycles. The van der Waals surface area contributed by atoms with Gasteiger partial charge in [0.25, 0.3) is 0 Å². The molecule has 2 rings (SSSR count). The predicted molar refractivity (Wildman–Crippen MR) is 94.3 cm³/mol. The number of halogens is 2. The van der Waals surface area contributed by atoms with E-state index in [0.29, 0.717) is 14.9 Å². The van der Waals surface area contributed by atoms with Gasteiger partial charge in [0.05, 0.1) is 17.0 Å². The van der Waals surface area contributed by atoms with Gasteiger partial charge in [0, 0.05) is 10.7 Å². The van der Waals surface area contributed by atoms with Crippen LogP contribution < -0.4 is 9.44 Å². The van der Waals surface area contributed by atoms with Crippen molar-refractivity contribution >= 4 is 44.7 Å². The molecule has 0 amide bonds. The van der Waals surface area contributed by atoms with E-state index in [1.54, 1.807) is 24.3 Å². The highest BCUT2D eigenvalue weighted by atomic mass is 35.5. The first-order chi connectivity index (χ1) is 11.6. The van der Waals surface area contributed by atoms with E-state index >= 15 is 0 Å². The van der Waals surface area contributed by atoms with Crippen LogP contribution in [0.3, 0.4) is 0 Å². The highest BCUT2D eigenvalue weighted by molar-refractivity contribution is 7.89. The van der Waals surface area contributed by atoms with E-state index in [1.165, 1.54) is 13.0 Å². The van der Waals surface area contributed by atoms with Gasteiger partial charge in [-0.25, -0.2) is 17.9 Å². The van der Waals surface area contributed by atoms with Crippen molar-refractivity contribution in [2.45, 2.75) is 11.8 Å². The molecule has 1 unspecified atom stereocenters. The van der Waals surface area contributed by atoms with Crippen LogP contribution in [-0.2, 0) is 21.3 Å². The standard InChI is InChI=1S/C15H14ClFN2O4S2/c1-10(8-11-2-4-12(16)5-3-11)19(24(20)21)14-9-13(17)6-7-15(14)25(18,22)23/h2-9H,1H3,(H,20,21)(H2,18,22,23)/p-1/b10-8-. The summed E-state index contributed by atoms with van der Waals surface area (Å²) in [5.74, 6) is -0.808. The Morgan fingerprint density at radius 3 is 2.40 bits per heavy atom. The molecule has 0 aliphatic heterocycles. The van der Waals surface area contributed by atoms with Crippen LogP contribution in [0.5, 0.6) is 0 Å². The van der Waals surface area contributed by atoms with Crippen molar-refractivity contribution < 1.29 is 21.6 Å². The fourth-order valence-corrected chi connectivity index (χ4v) is 3.62. The molecule has 0 heterocycles. The molecule has 1 atom stereocenters. The third-order valence-corrected chi connectivity index (χ3v) is 5.15. The smallest absolute Gasteiger partial charge is 0.240 e. The van der Waals surface area contributed by atoms with E-state index in [9.17, 15) is 21.6 Å². The normalized spacial score (nSPS) is 13.6. The molecule has 0 fully saturated rings. The maximum absolute atomic E-state index is 13.6. The second-order valence-corrected chi connectivity index (χ2v) is 7.77. The molecule has 0 aliphatic carbocycles. The molecular weight excluding hydrogens is 391 g/mol. The van der Waals surface area contributed by atoms with Crippen LogP contribution in [0.15, 0.2) is 53.1 Å². The third-order valence-electron chi connectivity index (χ3n) is 3.16. The number of primary sulfonamides is 1. The highest BCUT2D eigenvalue weighted by Crippen LogP contribution is 2.30. The van der Waals surface area contributed by atoms with Crippen LogP contribution >= 0.6 is 11.6 Å². The predicted octanol–water partition coefficient (Wildman–Crippen LogP) is 2.79. The SMILES string of the molecule is C/C(=C/c1ccc(Cl)cc1)N(c1cc(F)ccc1S(N)(=O)=O)S(=O)[O-]. The van der Waals surface area contributed by atoms with Gasteiger partial charge in [-0.05, 0) is 48.9 Å². The summed E-state index contributed by atoms with van der Waals surface area (Å²) in [6.45, 7) is 1.43. The Morgan fingerprint density at radius 2 is 1.88 bits per heavy atom. The van der Waals surface area contributed by atoms with Gasteiger partial charge in [0.1, 0.15) is 10.7 Å². The fraction of sp³-hybridized carbons (Fsp3) is 0.0667. The molecule has 0 saturated carbocycles. The lowest BCUT2D eigenvalue weighted by Gasteiger charge is -2.28. The summed E-state index contributed by atoms with van der Waals surface area (Å²) in [6, 6.07) is 9.08. The molecule has 134 valence electrons. The Hall–Kier alpha value is -1.78. The molecule has 0 bridgehead atoms. The number of rotatable bonds is 5. The van der Waals surface area contributed by atoms with Crippen LogP contribution in [0, 0.1) is 5.82 Å². The van der Waals surface area contributed by atoms with E-state index in [1.807, 2.05) is 0 Å². The van der Waals surface area contributed by atoms with Crippen molar-refractivity contribution in [3.05, 3.63) is 64.6 Å². The fourth-order valence-electron chi connectivity index (χ4n) is 2.14. The van der Waals surface area contributed by atoms with Gasteiger partial charge in [-0.1, -0.05) is 23.7 Å². The lowest BCUT2D eigenvalue weighted by Crippen LogP contribution is -2.26. The Bertz CT molecular complexity index is 947. The van der Waals surface area contributed by atoms with Gasteiger partial charge in [-0.15, -0.1) is 0 Å². The first-order valence-electron chi connectivity index (χ1n) is 6.75. The van der Waals surface area contributed by atoms with E-state index in [-0.39, 0.29) is 5.70 Å². The summed E-state index contributed by atoms with van der Waals surface area (Å²) in [6.07, 6.45) is 1.48. The summed E-state index contributed by atoms with van der Waals surface area (Å²) in [5, 5.41) is 5.60. The molecule has 0 aromatic heterocycles. The van der Waals surface area contributed by atoms with Gasteiger partial charge >= 0.3 is 0 Å². The average molecular weight is 404 g/mol. The lowest BCUT2D eigenvalue weighted by molar-refractivity contribution is 0.535. The van der Waals surface area contributed by atoms with Crippen molar-refractivity contribution in [2.75, 3.05) is 4.31 Å². The average Bonchev–Trinajstić information content (AvgIpc) is 2.48. The minimum absolute atomic E-state index is 0.131. The van der Waals surface area contributed by atoms with E-state index in [0.717, 1.165) is 18.2 Å². The Morgan fingerprint density at radius 1 is 1.28 bits per heavy atom. The largest absolute Gasteiger partial charge is 0.755 e. The van der Waals surface area contributed by atoms with Gasteiger partial charge < -0.3 is 4.55 Å². The van der Waals surface area contributed by atoms with Crippen molar-refractivity contribution in [3.63, 3.8) is 0 Å². The number of nitrogens with two attached hydrogens (primary N) is 1. The number of hydrogen-bond acceptors (Lipinski definition) is 4. The number of sulfonamides is 1. The number of anilines is 1. The summed E-state index contributed by atoms with van der Waals surface area (Å²) in [4.78, 5) is -0.512. The van der Waals surface area contributed by atoms with Crippen LogP contribution in [0.1, 0.15) is 12.5 Å². The maximum Gasteiger partial charge on any atom is 0.240 e. The molecule has 6 nitrogen and oxygen atoms in total. The molecule has 25 heavy (non-hydrogen) atoms. The molecule has 0 radical (unpaired) electrons. The van der Waals surface area contributed by atoms with Gasteiger partial charge in [-0.2, -0.15) is 0 Å². The third kappa shape index (κ3) is 4.86.